The molecule has 0 saturated heterocycles. The Morgan fingerprint density at radius 1 is 1.33 bits per heavy atom. The van der Waals surface area contributed by atoms with Gasteiger partial charge in [-0.25, -0.2) is 12.7 Å². The van der Waals surface area contributed by atoms with Gasteiger partial charge in [0.2, 0.25) is 10.0 Å². The lowest BCUT2D eigenvalue weighted by molar-refractivity contribution is 0.284. The van der Waals surface area contributed by atoms with Crippen LogP contribution in [0.1, 0.15) is 19.3 Å². The van der Waals surface area contributed by atoms with Gasteiger partial charge in [0.1, 0.15) is 0 Å². The van der Waals surface area contributed by atoms with Crippen molar-refractivity contribution in [2.75, 3.05) is 37.9 Å². The summed E-state index contributed by atoms with van der Waals surface area (Å²) in [6.45, 7) is 0.558. The van der Waals surface area contributed by atoms with Crippen LogP contribution in [-0.4, -0.2) is 51.1 Å². The number of aliphatic hydroxyl groups excluding tert-OH is 1. The molecule has 6 nitrogen and oxygen atoms in total. The lowest BCUT2D eigenvalue weighted by atomic mass is 9.91. The molecule has 0 bridgehead atoms. The van der Waals surface area contributed by atoms with Gasteiger partial charge in [-0.15, -0.1) is 0 Å². The average Bonchev–Trinajstić information content (AvgIpc) is 2.35. The quantitative estimate of drug-likeness (QED) is 0.761. The van der Waals surface area contributed by atoms with E-state index in [0.717, 1.165) is 18.5 Å². The highest BCUT2D eigenvalue weighted by Crippen LogP contribution is 2.34. The maximum atomic E-state index is 12.1. The zero-order valence-corrected chi connectivity index (χ0v) is 13.3. The fourth-order valence-corrected chi connectivity index (χ4v) is 3.41. The number of aliphatic hydroxyl groups is 1. The number of nitrogens with zero attached hydrogens (tertiary/aromatic N) is 2. The Bertz CT molecular complexity index is 597. The molecular formula is C14H23N3O3S. The maximum Gasteiger partial charge on any atom is 0.242 e. The van der Waals surface area contributed by atoms with Gasteiger partial charge in [-0.05, 0) is 37.5 Å². The van der Waals surface area contributed by atoms with Crippen LogP contribution >= 0.6 is 0 Å². The number of nitrogen functional groups attached to an aromatic ring is 1. The lowest BCUT2D eigenvalue weighted by Crippen LogP contribution is -2.42. The number of benzene rings is 1. The second-order valence-corrected chi connectivity index (χ2v) is 7.66. The highest BCUT2D eigenvalue weighted by atomic mass is 32.2. The molecule has 1 aromatic carbocycles. The van der Waals surface area contributed by atoms with Crippen LogP contribution in [-0.2, 0) is 10.0 Å². The largest absolute Gasteiger partial charge is 0.397 e. The van der Waals surface area contributed by atoms with E-state index in [1.54, 1.807) is 12.1 Å². The monoisotopic (exact) mass is 313 g/mol. The molecule has 1 aliphatic rings. The number of nitrogens with two attached hydrogens (primary N) is 1. The number of sulfonamides is 1. The van der Waals surface area contributed by atoms with E-state index in [9.17, 15) is 13.5 Å². The standard InChI is InChI=1S/C14H23N3O3S/c1-16(2)21(19,20)12-6-7-14(13(15)10-12)17(8-9-18)11-4-3-5-11/h6-7,10-11,18H,3-5,8-9,15H2,1-2H3. The first kappa shape index (κ1) is 16.1. The minimum Gasteiger partial charge on any atom is -0.397 e. The van der Waals surface area contributed by atoms with E-state index in [-0.39, 0.29) is 11.5 Å². The molecular weight excluding hydrogens is 290 g/mol. The Hall–Kier alpha value is -1.31. The average molecular weight is 313 g/mol. The van der Waals surface area contributed by atoms with Gasteiger partial charge in [-0.3, -0.25) is 0 Å². The summed E-state index contributed by atoms with van der Waals surface area (Å²) in [5.41, 5.74) is 7.29. The number of hydrogen-bond donors (Lipinski definition) is 2. The Morgan fingerprint density at radius 3 is 2.43 bits per heavy atom. The zero-order valence-electron chi connectivity index (χ0n) is 12.5. The molecule has 3 N–H and O–H groups in total. The normalized spacial score (nSPS) is 16.0. The fourth-order valence-electron chi connectivity index (χ4n) is 2.47. The molecule has 118 valence electrons. The van der Waals surface area contributed by atoms with Crippen LogP contribution in [0.3, 0.4) is 0 Å². The van der Waals surface area contributed by atoms with Crippen LogP contribution in [0.15, 0.2) is 23.1 Å². The van der Waals surface area contributed by atoms with Crippen molar-refractivity contribution in [2.24, 2.45) is 0 Å². The predicted molar refractivity (Wildman–Crippen MR) is 83.8 cm³/mol. The molecule has 7 heteroatoms. The Morgan fingerprint density at radius 2 is 2.00 bits per heavy atom. The molecule has 2 rings (SSSR count). The van der Waals surface area contributed by atoms with Crippen LogP contribution in [0, 0.1) is 0 Å². The van der Waals surface area contributed by atoms with Crippen molar-refractivity contribution in [2.45, 2.75) is 30.2 Å². The maximum absolute atomic E-state index is 12.1. The molecule has 1 aromatic rings. The molecule has 0 heterocycles. The second-order valence-electron chi connectivity index (χ2n) is 5.51. The molecule has 0 unspecified atom stereocenters. The summed E-state index contributed by atoms with van der Waals surface area (Å²) in [5.74, 6) is 0. The molecule has 0 aliphatic heterocycles. The first-order valence-corrected chi connectivity index (χ1v) is 8.51. The topological polar surface area (TPSA) is 86.9 Å². The van der Waals surface area contributed by atoms with Crippen LogP contribution in [0.2, 0.25) is 0 Å². The van der Waals surface area contributed by atoms with Gasteiger partial charge in [0.25, 0.3) is 0 Å². The summed E-state index contributed by atoms with van der Waals surface area (Å²) in [6.07, 6.45) is 3.34. The second kappa shape index (κ2) is 6.21. The van der Waals surface area contributed by atoms with Crippen molar-refractivity contribution >= 4 is 21.4 Å². The Labute approximate surface area is 126 Å². The highest BCUT2D eigenvalue weighted by molar-refractivity contribution is 7.89. The van der Waals surface area contributed by atoms with E-state index in [4.69, 9.17) is 5.73 Å². The van der Waals surface area contributed by atoms with Crippen molar-refractivity contribution in [1.82, 2.24) is 4.31 Å². The first-order valence-electron chi connectivity index (χ1n) is 7.07. The predicted octanol–water partition coefficient (Wildman–Crippen LogP) is 0.870. The molecule has 0 aromatic heterocycles. The molecule has 1 saturated carbocycles. The van der Waals surface area contributed by atoms with Gasteiger partial charge in [0.15, 0.2) is 0 Å². The van der Waals surface area contributed by atoms with Gasteiger partial charge in [-0.2, -0.15) is 0 Å². The minimum atomic E-state index is -3.48. The van der Waals surface area contributed by atoms with E-state index >= 15 is 0 Å². The van der Waals surface area contributed by atoms with E-state index < -0.39 is 10.0 Å². The van der Waals surface area contributed by atoms with E-state index in [1.807, 2.05) is 0 Å². The molecule has 1 fully saturated rings. The van der Waals surface area contributed by atoms with Crippen LogP contribution in [0.25, 0.3) is 0 Å². The smallest absolute Gasteiger partial charge is 0.242 e. The van der Waals surface area contributed by atoms with Crippen molar-refractivity contribution in [3.05, 3.63) is 18.2 Å². The third kappa shape index (κ3) is 3.14. The van der Waals surface area contributed by atoms with Crippen molar-refractivity contribution in [1.29, 1.82) is 0 Å². The van der Waals surface area contributed by atoms with Gasteiger partial charge in [-0.1, -0.05) is 0 Å². The summed E-state index contributed by atoms with van der Waals surface area (Å²) >= 11 is 0. The molecule has 0 atom stereocenters. The summed E-state index contributed by atoms with van der Waals surface area (Å²) in [7, 11) is -0.497. The van der Waals surface area contributed by atoms with E-state index in [0.29, 0.717) is 18.3 Å². The molecule has 0 spiro atoms. The van der Waals surface area contributed by atoms with Gasteiger partial charge in [0, 0.05) is 26.7 Å². The van der Waals surface area contributed by atoms with Crippen molar-refractivity contribution in [3.8, 4) is 0 Å². The third-order valence-corrected chi connectivity index (χ3v) is 5.75. The zero-order chi connectivity index (χ0) is 15.6. The number of anilines is 2. The first-order chi connectivity index (χ1) is 9.87. The highest BCUT2D eigenvalue weighted by Gasteiger charge is 2.27. The third-order valence-electron chi connectivity index (χ3n) is 3.94. The summed E-state index contributed by atoms with van der Waals surface area (Å²) < 4.78 is 25.4. The fraction of sp³-hybridized carbons (Fsp3) is 0.571. The van der Waals surface area contributed by atoms with Crippen LogP contribution in [0.5, 0.6) is 0 Å². The molecule has 21 heavy (non-hydrogen) atoms. The van der Waals surface area contributed by atoms with Crippen molar-refractivity contribution in [3.63, 3.8) is 0 Å². The summed E-state index contributed by atoms with van der Waals surface area (Å²) in [6, 6.07) is 5.19. The molecule has 0 amide bonds. The van der Waals surface area contributed by atoms with Gasteiger partial charge >= 0.3 is 0 Å². The van der Waals surface area contributed by atoms with Crippen LogP contribution in [0.4, 0.5) is 11.4 Å². The molecule has 1 aliphatic carbocycles. The van der Waals surface area contributed by atoms with Crippen LogP contribution < -0.4 is 10.6 Å². The summed E-state index contributed by atoms with van der Waals surface area (Å²) in [4.78, 5) is 2.26. The van der Waals surface area contributed by atoms with Gasteiger partial charge in [0.05, 0.1) is 22.9 Å². The Balaban J connectivity index is 2.34. The van der Waals surface area contributed by atoms with Crippen molar-refractivity contribution < 1.29 is 13.5 Å². The number of rotatable bonds is 6. The van der Waals surface area contributed by atoms with E-state index in [1.165, 1.54) is 30.9 Å². The van der Waals surface area contributed by atoms with Gasteiger partial charge < -0.3 is 15.7 Å². The lowest BCUT2D eigenvalue weighted by Gasteiger charge is -2.39. The molecule has 0 radical (unpaired) electrons. The number of hydrogen-bond acceptors (Lipinski definition) is 5. The Kier molecular flexibility index (Phi) is 4.75. The summed E-state index contributed by atoms with van der Waals surface area (Å²) in [5, 5.41) is 9.23. The van der Waals surface area contributed by atoms with E-state index in [2.05, 4.69) is 4.90 Å². The minimum absolute atomic E-state index is 0.0493. The SMILES string of the molecule is CN(C)S(=O)(=O)c1ccc(N(CCO)C2CCC2)c(N)c1.